The summed E-state index contributed by atoms with van der Waals surface area (Å²) in [5.41, 5.74) is 0.119. The minimum Gasteiger partial charge on any atom is -0.339 e. The Morgan fingerprint density at radius 2 is 2.14 bits per heavy atom. The van der Waals surface area contributed by atoms with Crippen molar-refractivity contribution in [1.29, 1.82) is 0 Å². The first kappa shape index (κ1) is 14.7. The maximum absolute atomic E-state index is 12.4. The lowest BCUT2D eigenvalue weighted by Gasteiger charge is -2.22. The summed E-state index contributed by atoms with van der Waals surface area (Å²) in [4.78, 5) is 28.6. The number of likely N-dealkylation sites (N-methyl/N-ethyl adjacent to an activating group) is 1. The van der Waals surface area contributed by atoms with Crippen molar-refractivity contribution in [3.8, 4) is 0 Å². The van der Waals surface area contributed by atoms with E-state index in [2.05, 4.69) is 22.0 Å². The van der Waals surface area contributed by atoms with E-state index in [1.165, 1.54) is 21.7 Å². The molecule has 1 amide bonds. The third-order valence-electron chi connectivity index (χ3n) is 4.30. The van der Waals surface area contributed by atoms with Crippen LogP contribution < -0.4 is 5.56 Å². The predicted octanol–water partition coefficient (Wildman–Crippen LogP) is -0.700. The monoisotopic (exact) mass is 304 g/mol. The summed E-state index contributed by atoms with van der Waals surface area (Å²) in [6, 6.07) is 1.97. The molecule has 22 heavy (non-hydrogen) atoms. The number of hydrogen-bond donors (Lipinski definition) is 0. The Morgan fingerprint density at radius 1 is 1.36 bits per heavy atom. The molecule has 1 fully saturated rings. The van der Waals surface area contributed by atoms with Crippen molar-refractivity contribution in [2.75, 3.05) is 27.2 Å². The molecule has 1 aliphatic heterocycles. The van der Waals surface area contributed by atoms with Crippen LogP contribution in [-0.2, 0) is 11.3 Å². The maximum Gasteiger partial charge on any atom is 0.293 e. The standard InChI is InChI=1S/C14H20N6O2/c1-10-6-18(7-12(10)17(2)3)13(21)8-19-14(22)11-4-5-15-20(11)9-16-19/h4-5,9-10,12H,6-8H2,1-3H3. The number of carbonyl (C=O) groups excluding carboxylic acids is 1. The van der Waals surface area contributed by atoms with Gasteiger partial charge >= 0.3 is 0 Å². The Kier molecular flexibility index (Phi) is 3.69. The van der Waals surface area contributed by atoms with E-state index < -0.39 is 0 Å². The molecule has 2 aromatic heterocycles. The molecule has 2 atom stereocenters. The summed E-state index contributed by atoms with van der Waals surface area (Å²) in [5.74, 6) is 0.343. The van der Waals surface area contributed by atoms with Crippen LogP contribution in [0.4, 0.5) is 0 Å². The zero-order valence-electron chi connectivity index (χ0n) is 13.0. The van der Waals surface area contributed by atoms with Gasteiger partial charge in [0.15, 0.2) is 0 Å². The van der Waals surface area contributed by atoms with Crippen LogP contribution in [0.15, 0.2) is 23.4 Å². The van der Waals surface area contributed by atoms with E-state index in [1.54, 1.807) is 6.07 Å². The average molecular weight is 304 g/mol. The highest BCUT2D eigenvalue weighted by Gasteiger charge is 2.33. The minimum atomic E-state index is -0.301. The van der Waals surface area contributed by atoms with Crippen molar-refractivity contribution in [1.82, 2.24) is 29.2 Å². The Bertz CT molecular complexity index is 749. The van der Waals surface area contributed by atoms with Crippen LogP contribution in [0.5, 0.6) is 0 Å². The van der Waals surface area contributed by atoms with Gasteiger partial charge in [0.1, 0.15) is 18.4 Å². The first-order valence-corrected chi connectivity index (χ1v) is 7.31. The number of likely N-dealkylation sites (tertiary alicyclic amines) is 1. The lowest BCUT2D eigenvalue weighted by molar-refractivity contribution is -0.131. The van der Waals surface area contributed by atoms with Gasteiger partial charge in [0.25, 0.3) is 5.56 Å². The van der Waals surface area contributed by atoms with Crippen LogP contribution in [0.2, 0.25) is 0 Å². The third kappa shape index (κ3) is 2.50. The second-order valence-corrected chi connectivity index (χ2v) is 6.06. The second-order valence-electron chi connectivity index (χ2n) is 6.06. The first-order chi connectivity index (χ1) is 10.5. The molecule has 1 saturated heterocycles. The zero-order valence-corrected chi connectivity index (χ0v) is 13.0. The average Bonchev–Trinajstić information content (AvgIpc) is 3.08. The number of nitrogens with zero attached hydrogens (tertiary/aromatic N) is 6. The van der Waals surface area contributed by atoms with Gasteiger partial charge in [-0.15, -0.1) is 0 Å². The van der Waals surface area contributed by atoms with Gasteiger partial charge in [-0.2, -0.15) is 10.2 Å². The quantitative estimate of drug-likeness (QED) is 0.749. The van der Waals surface area contributed by atoms with E-state index in [9.17, 15) is 9.59 Å². The molecule has 2 unspecified atom stereocenters. The van der Waals surface area contributed by atoms with Gasteiger partial charge in [-0.3, -0.25) is 9.59 Å². The molecular weight excluding hydrogens is 284 g/mol. The molecule has 0 saturated carbocycles. The summed E-state index contributed by atoms with van der Waals surface area (Å²) in [6.07, 6.45) is 2.98. The van der Waals surface area contributed by atoms with Crippen molar-refractivity contribution in [3.05, 3.63) is 28.9 Å². The van der Waals surface area contributed by atoms with Crippen molar-refractivity contribution >= 4 is 11.4 Å². The predicted molar refractivity (Wildman–Crippen MR) is 80.5 cm³/mol. The smallest absolute Gasteiger partial charge is 0.293 e. The molecule has 0 aromatic carbocycles. The summed E-state index contributed by atoms with van der Waals surface area (Å²) >= 11 is 0. The molecular formula is C14H20N6O2. The largest absolute Gasteiger partial charge is 0.339 e. The molecule has 8 nitrogen and oxygen atoms in total. The number of fused-ring (bicyclic) bond motifs is 1. The van der Waals surface area contributed by atoms with Crippen molar-refractivity contribution < 1.29 is 4.79 Å². The van der Waals surface area contributed by atoms with E-state index in [0.29, 0.717) is 30.6 Å². The van der Waals surface area contributed by atoms with Crippen molar-refractivity contribution in [2.45, 2.75) is 19.5 Å². The fourth-order valence-corrected chi connectivity index (χ4v) is 3.04. The zero-order chi connectivity index (χ0) is 15.9. The van der Waals surface area contributed by atoms with Crippen LogP contribution in [0.25, 0.3) is 5.52 Å². The lowest BCUT2D eigenvalue weighted by Crippen LogP contribution is -2.38. The molecule has 3 rings (SSSR count). The van der Waals surface area contributed by atoms with Crippen LogP contribution in [0.1, 0.15) is 6.92 Å². The van der Waals surface area contributed by atoms with Gasteiger partial charge in [-0.05, 0) is 26.1 Å². The van der Waals surface area contributed by atoms with E-state index >= 15 is 0 Å². The maximum atomic E-state index is 12.4. The Labute approximate surface area is 127 Å². The van der Waals surface area contributed by atoms with E-state index in [4.69, 9.17) is 0 Å². The minimum absolute atomic E-state index is 0.0343. The summed E-state index contributed by atoms with van der Waals surface area (Å²) in [6.45, 7) is 3.51. The molecule has 0 spiro atoms. The van der Waals surface area contributed by atoms with Crippen LogP contribution >= 0.6 is 0 Å². The lowest BCUT2D eigenvalue weighted by atomic mass is 10.1. The highest BCUT2D eigenvalue weighted by Crippen LogP contribution is 2.20. The van der Waals surface area contributed by atoms with Crippen molar-refractivity contribution in [2.24, 2.45) is 5.92 Å². The van der Waals surface area contributed by atoms with E-state index in [1.807, 2.05) is 19.0 Å². The molecule has 0 aliphatic carbocycles. The Balaban J connectivity index is 1.76. The summed E-state index contributed by atoms with van der Waals surface area (Å²) < 4.78 is 2.61. The number of carbonyl (C=O) groups is 1. The van der Waals surface area contributed by atoms with Gasteiger partial charge in [-0.25, -0.2) is 9.20 Å². The molecule has 0 N–H and O–H groups in total. The Morgan fingerprint density at radius 3 is 2.82 bits per heavy atom. The number of hydrogen-bond acceptors (Lipinski definition) is 5. The normalized spacial score (nSPS) is 21.9. The molecule has 1 aliphatic rings. The first-order valence-electron chi connectivity index (χ1n) is 7.31. The van der Waals surface area contributed by atoms with Gasteiger partial charge in [0.05, 0.1) is 6.20 Å². The van der Waals surface area contributed by atoms with Gasteiger partial charge in [0, 0.05) is 19.1 Å². The van der Waals surface area contributed by atoms with Crippen LogP contribution in [0.3, 0.4) is 0 Å². The van der Waals surface area contributed by atoms with Gasteiger partial charge in [-0.1, -0.05) is 6.92 Å². The number of amides is 1. The molecule has 118 valence electrons. The number of aromatic nitrogens is 4. The second kappa shape index (κ2) is 5.53. The highest BCUT2D eigenvalue weighted by molar-refractivity contribution is 5.76. The fourth-order valence-electron chi connectivity index (χ4n) is 3.04. The Hall–Kier alpha value is -2.22. The summed E-state index contributed by atoms with van der Waals surface area (Å²) in [5, 5.41) is 7.97. The fraction of sp³-hybridized carbons (Fsp3) is 0.571. The van der Waals surface area contributed by atoms with Crippen LogP contribution in [-0.4, -0.2) is 68.3 Å². The highest BCUT2D eigenvalue weighted by atomic mass is 16.2. The molecule has 3 heterocycles. The summed E-state index contributed by atoms with van der Waals surface area (Å²) in [7, 11) is 4.05. The molecule has 0 bridgehead atoms. The molecule has 0 radical (unpaired) electrons. The van der Waals surface area contributed by atoms with E-state index in [-0.39, 0.29) is 18.0 Å². The topological polar surface area (TPSA) is 75.7 Å². The van der Waals surface area contributed by atoms with Gasteiger partial charge < -0.3 is 9.80 Å². The SMILES string of the molecule is CC1CN(C(=O)Cn2ncn3nccc3c2=O)CC1N(C)C. The number of rotatable bonds is 3. The molecule has 2 aromatic rings. The van der Waals surface area contributed by atoms with E-state index in [0.717, 1.165) is 0 Å². The van der Waals surface area contributed by atoms with Crippen molar-refractivity contribution in [3.63, 3.8) is 0 Å². The van der Waals surface area contributed by atoms with Gasteiger partial charge in [0.2, 0.25) is 5.91 Å². The third-order valence-corrected chi connectivity index (χ3v) is 4.30. The molecule has 8 heteroatoms. The van der Waals surface area contributed by atoms with Crippen LogP contribution in [0, 0.1) is 5.92 Å².